The summed E-state index contributed by atoms with van der Waals surface area (Å²) in [6.07, 6.45) is 2.53. The first kappa shape index (κ1) is 16.1. The minimum atomic E-state index is -0.352. The van der Waals surface area contributed by atoms with E-state index < -0.39 is 0 Å². The molecule has 0 fully saturated rings. The van der Waals surface area contributed by atoms with E-state index in [1.807, 2.05) is 0 Å². The topological polar surface area (TPSA) is 94.2 Å². The summed E-state index contributed by atoms with van der Waals surface area (Å²) in [5.41, 5.74) is 0.963. The van der Waals surface area contributed by atoms with Crippen LogP contribution in [-0.2, 0) is 11.3 Å². The highest BCUT2D eigenvalue weighted by molar-refractivity contribution is 5.80. The lowest BCUT2D eigenvalue weighted by molar-refractivity contribution is -0.121. The second kappa shape index (κ2) is 6.38. The van der Waals surface area contributed by atoms with Gasteiger partial charge < -0.3 is 5.32 Å². The Hall–Kier alpha value is -2.77. The maximum atomic E-state index is 12.7. The lowest BCUT2D eigenvalue weighted by atomic mass is 10.1. The number of hydrogen-bond donors (Lipinski definition) is 1. The Labute approximate surface area is 138 Å². The third-order valence-electron chi connectivity index (χ3n) is 3.88. The fourth-order valence-corrected chi connectivity index (χ4v) is 2.61. The third-order valence-corrected chi connectivity index (χ3v) is 3.88. The fraction of sp³-hybridized carbons (Fsp3) is 0.438. The molecule has 3 heterocycles. The predicted molar refractivity (Wildman–Crippen MR) is 89.7 cm³/mol. The first-order valence-electron chi connectivity index (χ1n) is 7.95. The van der Waals surface area contributed by atoms with Crippen molar-refractivity contribution in [2.45, 2.75) is 33.7 Å². The van der Waals surface area contributed by atoms with Crippen LogP contribution >= 0.6 is 0 Å². The molecule has 24 heavy (non-hydrogen) atoms. The third kappa shape index (κ3) is 2.86. The summed E-state index contributed by atoms with van der Waals surface area (Å²) in [6, 6.07) is 3.50. The maximum Gasteiger partial charge on any atom is 0.297 e. The van der Waals surface area contributed by atoms with Crippen LogP contribution in [0.3, 0.4) is 0 Å². The SMILES string of the molecule is Cc1nnc2c(=O)n(CC(=O)NCCC(C)C)c3cccnc3n12. The van der Waals surface area contributed by atoms with Crippen LogP contribution in [0.2, 0.25) is 0 Å². The highest BCUT2D eigenvalue weighted by atomic mass is 16.2. The van der Waals surface area contributed by atoms with Gasteiger partial charge in [0.2, 0.25) is 11.6 Å². The number of amides is 1. The maximum absolute atomic E-state index is 12.7. The van der Waals surface area contributed by atoms with Crippen molar-refractivity contribution in [1.82, 2.24) is 29.5 Å². The van der Waals surface area contributed by atoms with E-state index >= 15 is 0 Å². The molecule has 1 N–H and O–H groups in total. The Bertz CT molecular complexity index is 956. The van der Waals surface area contributed by atoms with E-state index in [0.717, 1.165) is 6.42 Å². The average molecular weight is 328 g/mol. The van der Waals surface area contributed by atoms with Gasteiger partial charge in [-0.15, -0.1) is 10.2 Å². The molecule has 1 amide bonds. The van der Waals surface area contributed by atoms with Gasteiger partial charge in [-0.3, -0.25) is 18.6 Å². The van der Waals surface area contributed by atoms with Gasteiger partial charge in [0.15, 0.2) is 5.65 Å². The zero-order chi connectivity index (χ0) is 17.3. The lowest BCUT2D eigenvalue weighted by Gasteiger charge is -2.12. The van der Waals surface area contributed by atoms with Crippen LogP contribution in [0.4, 0.5) is 0 Å². The number of nitrogens with zero attached hydrogens (tertiary/aromatic N) is 5. The van der Waals surface area contributed by atoms with Gasteiger partial charge in [0.25, 0.3) is 5.56 Å². The molecule has 126 valence electrons. The summed E-state index contributed by atoms with van der Waals surface area (Å²) in [5, 5.41) is 10.7. The Balaban J connectivity index is 2.02. The monoisotopic (exact) mass is 328 g/mol. The molecule has 0 aliphatic heterocycles. The van der Waals surface area contributed by atoms with E-state index in [1.54, 1.807) is 29.7 Å². The molecule has 0 spiro atoms. The summed E-state index contributed by atoms with van der Waals surface area (Å²) in [4.78, 5) is 29.2. The van der Waals surface area contributed by atoms with Gasteiger partial charge in [0.05, 0.1) is 5.52 Å². The van der Waals surface area contributed by atoms with Crippen LogP contribution in [0.1, 0.15) is 26.1 Å². The number of carbonyl (C=O) groups is 1. The van der Waals surface area contributed by atoms with Crippen molar-refractivity contribution < 1.29 is 4.79 Å². The van der Waals surface area contributed by atoms with Crippen LogP contribution in [0.15, 0.2) is 23.1 Å². The zero-order valence-corrected chi connectivity index (χ0v) is 14.0. The number of pyridine rings is 1. The molecule has 0 aliphatic carbocycles. The average Bonchev–Trinajstić information content (AvgIpc) is 2.93. The second-order valence-corrected chi connectivity index (χ2v) is 6.18. The van der Waals surface area contributed by atoms with Crippen molar-refractivity contribution >= 4 is 22.7 Å². The highest BCUT2D eigenvalue weighted by Crippen LogP contribution is 2.12. The van der Waals surface area contributed by atoms with Gasteiger partial charge in [-0.25, -0.2) is 4.98 Å². The van der Waals surface area contributed by atoms with Crippen LogP contribution in [0.5, 0.6) is 0 Å². The number of rotatable bonds is 5. The van der Waals surface area contributed by atoms with Crippen LogP contribution < -0.4 is 10.9 Å². The van der Waals surface area contributed by atoms with Gasteiger partial charge in [-0.1, -0.05) is 13.8 Å². The first-order valence-corrected chi connectivity index (χ1v) is 7.95. The first-order chi connectivity index (χ1) is 11.5. The van der Waals surface area contributed by atoms with E-state index in [4.69, 9.17) is 0 Å². The van der Waals surface area contributed by atoms with Gasteiger partial charge in [-0.2, -0.15) is 0 Å². The number of aryl methyl sites for hydroxylation is 1. The number of fused-ring (bicyclic) bond motifs is 3. The molecule has 0 aromatic carbocycles. The van der Waals surface area contributed by atoms with Crippen LogP contribution in [-0.4, -0.2) is 36.6 Å². The fourth-order valence-electron chi connectivity index (χ4n) is 2.61. The van der Waals surface area contributed by atoms with Crippen LogP contribution in [0.25, 0.3) is 16.8 Å². The molecule has 0 saturated heterocycles. The minimum absolute atomic E-state index is 0.0679. The van der Waals surface area contributed by atoms with E-state index in [1.165, 1.54) is 4.57 Å². The molecule has 3 aromatic heterocycles. The largest absolute Gasteiger partial charge is 0.355 e. The summed E-state index contributed by atoms with van der Waals surface area (Å²) < 4.78 is 3.02. The van der Waals surface area contributed by atoms with E-state index in [-0.39, 0.29) is 23.7 Å². The van der Waals surface area contributed by atoms with Gasteiger partial charge >= 0.3 is 0 Å². The Morgan fingerprint density at radius 3 is 2.83 bits per heavy atom. The van der Waals surface area contributed by atoms with Crippen molar-refractivity contribution in [2.75, 3.05) is 6.54 Å². The van der Waals surface area contributed by atoms with Crippen LogP contribution in [0, 0.1) is 12.8 Å². The number of nitrogens with one attached hydrogen (secondary N) is 1. The quantitative estimate of drug-likeness (QED) is 0.751. The minimum Gasteiger partial charge on any atom is -0.355 e. The second-order valence-electron chi connectivity index (χ2n) is 6.18. The summed E-state index contributed by atoms with van der Waals surface area (Å²) in [7, 11) is 0. The zero-order valence-electron chi connectivity index (χ0n) is 14.0. The normalized spacial score (nSPS) is 11.5. The van der Waals surface area contributed by atoms with Crippen molar-refractivity contribution in [1.29, 1.82) is 0 Å². The molecule has 0 atom stereocenters. The molecule has 0 saturated carbocycles. The van der Waals surface area contributed by atoms with Gasteiger partial charge in [0.1, 0.15) is 12.4 Å². The highest BCUT2D eigenvalue weighted by Gasteiger charge is 2.17. The number of aromatic nitrogens is 5. The molecule has 3 rings (SSSR count). The summed E-state index contributed by atoms with van der Waals surface area (Å²) >= 11 is 0. The summed E-state index contributed by atoms with van der Waals surface area (Å²) in [6.45, 7) is 6.47. The van der Waals surface area contributed by atoms with E-state index in [2.05, 4.69) is 34.3 Å². The molecule has 8 nitrogen and oxygen atoms in total. The van der Waals surface area contributed by atoms with E-state index in [0.29, 0.717) is 29.5 Å². The molecule has 0 bridgehead atoms. The summed E-state index contributed by atoms with van der Waals surface area (Å²) in [5.74, 6) is 0.885. The lowest BCUT2D eigenvalue weighted by Crippen LogP contribution is -2.34. The van der Waals surface area contributed by atoms with Gasteiger partial charge in [0, 0.05) is 12.7 Å². The van der Waals surface area contributed by atoms with Crippen molar-refractivity contribution in [3.63, 3.8) is 0 Å². The standard InChI is InChI=1S/C16H20N6O2/c1-10(2)6-8-17-13(23)9-21-12-5-4-7-18-14(12)22-11(3)19-20-15(22)16(21)24/h4-5,7,10H,6,8-9H2,1-3H3,(H,17,23). The molecule has 0 aliphatic rings. The molecular weight excluding hydrogens is 308 g/mol. The molecular formula is C16H20N6O2. The van der Waals surface area contributed by atoms with Gasteiger partial charge in [-0.05, 0) is 31.4 Å². The number of carbonyl (C=O) groups excluding carboxylic acids is 1. The van der Waals surface area contributed by atoms with Crippen molar-refractivity contribution in [3.8, 4) is 0 Å². The predicted octanol–water partition coefficient (Wildman–Crippen LogP) is 0.910. The smallest absolute Gasteiger partial charge is 0.297 e. The molecule has 8 heteroatoms. The van der Waals surface area contributed by atoms with E-state index in [9.17, 15) is 9.59 Å². The van der Waals surface area contributed by atoms with Crippen molar-refractivity contribution in [3.05, 3.63) is 34.5 Å². The molecule has 3 aromatic rings. The molecule has 0 unspecified atom stereocenters. The van der Waals surface area contributed by atoms with Crippen molar-refractivity contribution in [2.24, 2.45) is 5.92 Å². The molecule has 0 radical (unpaired) electrons. The Kier molecular flexibility index (Phi) is 4.28. The Morgan fingerprint density at radius 1 is 1.29 bits per heavy atom. The Morgan fingerprint density at radius 2 is 2.08 bits per heavy atom. The number of hydrogen-bond acceptors (Lipinski definition) is 5.